The van der Waals surface area contributed by atoms with Crippen LogP contribution in [-0.2, 0) is 10.5 Å². The fourth-order valence-corrected chi connectivity index (χ4v) is 5.77. The number of aromatic nitrogens is 4. The lowest BCUT2D eigenvalue weighted by molar-refractivity contribution is -0.141. The lowest BCUT2D eigenvalue weighted by atomic mass is 9.72. The molecule has 2 N–H and O–H groups in total. The molecule has 39 heavy (non-hydrogen) atoms. The van der Waals surface area contributed by atoms with Crippen molar-refractivity contribution in [2.75, 3.05) is 24.5 Å². The van der Waals surface area contributed by atoms with E-state index < -0.39 is 5.67 Å². The number of halogens is 1. The summed E-state index contributed by atoms with van der Waals surface area (Å²) in [6, 6.07) is 11.8. The van der Waals surface area contributed by atoms with Crippen molar-refractivity contribution in [3.05, 3.63) is 72.1 Å². The number of anilines is 1. The third kappa shape index (κ3) is 4.37. The first kappa shape index (κ1) is 25.2. The molecule has 1 atom stereocenters. The zero-order chi connectivity index (χ0) is 27.2. The van der Waals surface area contributed by atoms with Crippen LogP contribution in [0.5, 0.6) is 0 Å². The van der Waals surface area contributed by atoms with E-state index in [4.69, 9.17) is 4.98 Å². The zero-order valence-electron chi connectivity index (χ0n) is 22.6. The molecule has 2 saturated heterocycles. The summed E-state index contributed by atoms with van der Waals surface area (Å²) in [5.74, 6) is 1.65. The van der Waals surface area contributed by atoms with Gasteiger partial charge in [-0.25, -0.2) is 19.3 Å². The highest BCUT2D eigenvalue weighted by Crippen LogP contribution is 2.37. The first-order chi connectivity index (χ1) is 18.8. The lowest BCUT2D eigenvalue weighted by Gasteiger charge is -2.46. The summed E-state index contributed by atoms with van der Waals surface area (Å²) in [5.41, 5.74) is 4.62. The molecule has 2 aromatic heterocycles. The van der Waals surface area contributed by atoms with Crippen LogP contribution in [0, 0.1) is 12.3 Å². The van der Waals surface area contributed by atoms with Crippen molar-refractivity contribution in [2.24, 2.45) is 5.41 Å². The Balaban J connectivity index is 1.20. The number of hydrogen-bond acceptors (Lipinski definition) is 5. The highest BCUT2D eigenvalue weighted by atomic mass is 19.1. The number of alkyl halides is 1. The standard InChI is InChI=1S/C31H33FN6O/c1-4-10-31(32,5-2)23-7-9-25-26(16-23)37-27(36-25)24-8-6-21(15-20(24)3)22-17-33-29(34-18-22)38-13-11-30(12-14-38)19-35-28(30)39/h4,6-10,15-18H,5,11-14,19H2,1-3H3,(H,35,39)(H,36,37). The van der Waals surface area contributed by atoms with Crippen molar-refractivity contribution in [1.82, 2.24) is 25.3 Å². The van der Waals surface area contributed by atoms with Crippen molar-refractivity contribution in [3.8, 4) is 22.5 Å². The molecule has 7 nitrogen and oxygen atoms in total. The molecule has 8 heteroatoms. The fraction of sp³-hybridized carbons (Fsp3) is 0.355. The molecule has 6 rings (SSSR count). The van der Waals surface area contributed by atoms with Crippen LogP contribution in [0.1, 0.15) is 44.2 Å². The van der Waals surface area contributed by atoms with Crippen LogP contribution in [0.2, 0.25) is 0 Å². The van der Waals surface area contributed by atoms with Gasteiger partial charge in [-0.1, -0.05) is 37.3 Å². The number of carbonyl (C=O) groups excluding carboxylic acids is 1. The van der Waals surface area contributed by atoms with Crippen LogP contribution < -0.4 is 10.2 Å². The number of piperidine rings is 1. The van der Waals surface area contributed by atoms with E-state index in [1.165, 1.54) is 0 Å². The van der Waals surface area contributed by atoms with Gasteiger partial charge in [0.25, 0.3) is 0 Å². The number of nitrogens with one attached hydrogen (secondary N) is 2. The first-order valence-electron chi connectivity index (χ1n) is 13.6. The normalized spacial score (nSPS) is 18.4. The molecule has 1 amide bonds. The number of aryl methyl sites for hydroxylation is 1. The van der Waals surface area contributed by atoms with E-state index >= 15 is 4.39 Å². The van der Waals surface area contributed by atoms with Gasteiger partial charge < -0.3 is 15.2 Å². The monoisotopic (exact) mass is 524 g/mol. The van der Waals surface area contributed by atoms with Gasteiger partial charge in [-0.2, -0.15) is 0 Å². The van der Waals surface area contributed by atoms with Gasteiger partial charge in [-0.3, -0.25) is 4.79 Å². The lowest BCUT2D eigenvalue weighted by Crippen LogP contribution is -2.62. The largest absolute Gasteiger partial charge is 0.354 e. The summed E-state index contributed by atoms with van der Waals surface area (Å²) in [6.07, 6.45) is 9.15. The van der Waals surface area contributed by atoms with Crippen LogP contribution in [0.3, 0.4) is 0 Å². The molecule has 200 valence electrons. The molecular weight excluding hydrogens is 491 g/mol. The van der Waals surface area contributed by atoms with Crippen LogP contribution in [0.4, 0.5) is 10.3 Å². The minimum atomic E-state index is -1.49. The Morgan fingerprint density at radius 2 is 1.87 bits per heavy atom. The molecule has 2 aliphatic heterocycles. The fourth-order valence-electron chi connectivity index (χ4n) is 5.77. The topological polar surface area (TPSA) is 86.8 Å². The number of nitrogens with zero attached hydrogens (tertiary/aromatic N) is 4. The molecule has 4 heterocycles. The predicted molar refractivity (Wildman–Crippen MR) is 152 cm³/mol. The third-order valence-corrected chi connectivity index (χ3v) is 8.43. The van der Waals surface area contributed by atoms with E-state index in [2.05, 4.69) is 50.3 Å². The molecule has 0 radical (unpaired) electrons. The van der Waals surface area contributed by atoms with Crippen LogP contribution in [0.15, 0.2) is 60.9 Å². The molecule has 0 bridgehead atoms. The number of benzene rings is 2. The number of amides is 1. The predicted octanol–water partition coefficient (Wildman–Crippen LogP) is 5.86. The molecule has 2 fully saturated rings. The summed E-state index contributed by atoms with van der Waals surface area (Å²) in [7, 11) is 0. The Hall–Kier alpha value is -4.07. The maximum atomic E-state index is 15.4. The number of aromatic amines is 1. The minimum Gasteiger partial charge on any atom is -0.354 e. The van der Waals surface area contributed by atoms with Gasteiger partial charge in [-0.05, 0) is 68.0 Å². The molecule has 2 aliphatic rings. The van der Waals surface area contributed by atoms with Crippen molar-refractivity contribution in [3.63, 3.8) is 0 Å². The van der Waals surface area contributed by atoms with Gasteiger partial charge in [0.05, 0.1) is 16.4 Å². The van der Waals surface area contributed by atoms with Crippen LogP contribution in [0.25, 0.3) is 33.5 Å². The number of fused-ring (bicyclic) bond motifs is 1. The van der Waals surface area contributed by atoms with Gasteiger partial charge in [-0.15, -0.1) is 0 Å². The summed E-state index contributed by atoms with van der Waals surface area (Å²) in [6.45, 7) is 8.12. The van der Waals surface area contributed by atoms with Gasteiger partial charge in [0.15, 0.2) is 5.67 Å². The number of β-lactam (4-membered cyclic amide) rings is 1. The van der Waals surface area contributed by atoms with Gasteiger partial charge in [0.2, 0.25) is 11.9 Å². The van der Waals surface area contributed by atoms with Gasteiger partial charge >= 0.3 is 0 Å². The Morgan fingerprint density at radius 1 is 1.10 bits per heavy atom. The maximum absolute atomic E-state index is 15.4. The molecule has 4 aromatic rings. The van der Waals surface area contributed by atoms with E-state index in [-0.39, 0.29) is 11.3 Å². The van der Waals surface area contributed by atoms with E-state index in [0.29, 0.717) is 17.9 Å². The van der Waals surface area contributed by atoms with E-state index in [0.717, 1.165) is 71.6 Å². The van der Waals surface area contributed by atoms with E-state index in [1.54, 1.807) is 12.2 Å². The number of H-pyrrole nitrogens is 1. The second-order valence-electron chi connectivity index (χ2n) is 10.8. The Bertz CT molecular complexity index is 1570. The summed E-state index contributed by atoms with van der Waals surface area (Å²) >= 11 is 0. The number of rotatable bonds is 6. The number of allylic oxidation sites excluding steroid dienone is 2. The Kier molecular flexibility index (Phi) is 6.20. The van der Waals surface area contributed by atoms with Crippen molar-refractivity contribution in [1.29, 1.82) is 0 Å². The summed E-state index contributed by atoms with van der Waals surface area (Å²) < 4.78 is 15.4. The second kappa shape index (κ2) is 9.59. The van der Waals surface area contributed by atoms with Crippen molar-refractivity contribution < 1.29 is 9.18 Å². The SMILES string of the molecule is CC=CC(F)(CC)c1ccc2nc(-c3ccc(-c4cnc(N5CCC6(CC5)CNC6=O)nc4)cc3C)[nH]c2c1. The molecular formula is C31H33FN6O. The highest BCUT2D eigenvalue weighted by Gasteiger charge is 2.48. The minimum absolute atomic E-state index is 0.169. The summed E-state index contributed by atoms with van der Waals surface area (Å²) in [5, 5.41) is 2.88. The molecule has 2 aromatic carbocycles. The summed E-state index contributed by atoms with van der Waals surface area (Å²) in [4.78, 5) is 31.5. The van der Waals surface area contributed by atoms with Gasteiger partial charge in [0, 0.05) is 43.2 Å². The second-order valence-corrected chi connectivity index (χ2v) is 10.8. The van der Waals surface area contributed by atoms with Crippen molar-refractivity contribution >= 4 is 22.9 Å². The van der Waals surface area contributed by atoms with Crippen molar-refractivity contribution in [2.45, 2.75) is 45.7 Å². The quantitative estimate of drug-likeness (QED) is 0.244. The first-order valence-corrected chi connectivity index (χ1v) is 13.6. The molecule has 1 unspecified atom stereocenters. The van der Waals surface area contributed by atoms with E-state index in [9.17, 15) is 4.79 Å². The average Bonchev–Trinajstić information content (AvgIpc) is 3.40. The third-order valence-electron chi connectivity index (χ3n) is 8.43. The Morgan fingerprint density at radius 3 is 2.49 bits per heavy atom. The van der Waals surface area contributed by atoms with E-state index in [1.807, 2.05) is 44.4 Å². The smallest absolute Gasteiger partial charge is 0.228 e. The molecule has 0 saturated carbocycles. The number of carbonyl (C=O) groups is 1. The van der Waals surface area contributed by atoms with Crippen LogP contribution >= 0.6 is 0 Å². The maximum Gasteiger partial charge on any atom is 0.228 e. The van der Waals surface area contributed by atoms with Gasteiger partial charge in [0.1, 0.15) is 5.82 Å². The van der Waals surface area contributed by atoms with Crippen LogP contribution in [-0.4, -0.2) is 45.5 Å². The molecule has 1 spiro atoms. The highest BCUT2D eigenvalue weighted by molar-refractivity contribution is 5.89. The number of imidazole rings is 1. The zero-order valence-corrected chi connectivity index (χ0v) is 22.6. The average molecular weight is 525 g/mol. The molecule has 0 aliphatic carbocycles. The number of hydrogen-bond donors (Lipinski definition) is 2. The Labute approximate surface area is 227 Å².